The number of nitrogens with zero attached hydrogens (tertiary/aromatic N) is 1. The van der Waals surface area contributed by atoms with Crippen molar-refractivity contribution in [3.05, 3.63) is 23.8 Å². The molecule has 2 aliphatic rings. The van der Waals surface area contributed by atoms with Gasteiger partial charge in [-0.1, -0.05) is 6.07 Å². The van der Waals surface area contributed by atoms with Crippen molar-refractivity contribution in [3.63, 3.8) is 0 Å². The zero-order valence-electron chi connectivity index (χ0n) is 13.1. The van der Waals surface area contributed by atoms with Crippen LogP contribution in [0, 0.1) is 5.92 Å². The summed E-state index contributed by atoms with van der Waals surface area (Å²) in [7, 11) is -1.23. The molecule has 22 heavy (non-hydrogen) atoms. The Balaban J connectivity index is 1.70. The van der Waals surface area contributed by atoms with Gasteiger partial charge in [0.05, 0.1) is 24.7 Å². The first-order valence-electron chi connectivity index (χ1n) is 7.77. The van der Waals surface area contributed by atoms with Crippen LogP contribution in [0.15, 0.2) is 18.2 Å². The highest BCUT2D eigenvalue weighted by molar-refractivity contribution is 7.92. The number of methoxy groups -OCH3 is 1. The van der Waals surface area contributed by atoms with Gasteiger partial charge in [-0.05, 0) is 37.0 Å². The number of sulfone groups is 1. The lowest BCUT2D eigenvalue weighted by Crippen LogP contribution is -2.26. The Morgan fingerprint density at radius 2 is 2.09 bits per heavy atom. The van der Waals surface area contributed by atoms with Gasteiger partial charge in [0.1, 0.15) is 0 Å². The van der Waals surface area contributed by atoms with E-state index in [2.05, 4.69) is 4.90 Å². The molecule has 0 N–H and O–H groups in total. The zero-order valence-corrected chi connectivity index (χ0v) is 13.9. The van der Waals surface area contributed by atoms with Gasteiger partial charge in [0.15, 0.2) is 21.3 Å². The van der Waals surface area contributed by atoms with Gasteiger partial charge in [0, 0.05) is 19.6 Å². The van der Waals surface area contributed by atoms with E-state index in [0.29, 0.717) is 24.8 Å². The van der Waals surface area contributed by atoms with Crippen LogP contribution in [0.2, 0.25) is 0 Å². The van der Waals surface area contributed by atoms with Crippen LogP contribution in [0.1, 0.15) is 18.9 Å². The van der Waals surface area contributed by atoms with Crippen molar-refractivity contribution in [1.82, 2.24) is 4.90 Å². The molecule has 0 aromatic heterocycles. The monoisotopic (exact) mass is 325 g/mol. The Kier molecular flexibility index (Phi) is 4.32. The highest BCUT2D eigenvalue weighted by atomic mass is 32.2. The van der Waals surface area contributed by atoms with Crippen LogP contribution >= 0.6 is 0 Å². The lowest BCUT2D eigenvalue weighted by Gasteiger charge is -2.18. The molecule has 2 fully saturated rings. The minimum atomic E-state index is -2.86. The number of hydrogen-bond acceptors (Lipinski definition) is 5. The normalized spacial score (nSPS) is 26.8. The molecular weight excluding hydrogens is 302 g/mol. The van der Waals surface area contributed by atoms with Gasteiger partial charge in [-0.25, -0.2) is 8.42 Å². The number of hydrogen-bond donors (Lipinski definition) is 0. The van der Waals surface area contributed by atoms with Crippen LogP contribution in [0.3, 0.4) is 0 Å². The first-order chi connectivity index (χ1) is 10.5. The number of benzene rings is 1. The number of rotatable bonds is 5. The fraction of sp³-hybridized carbons (Fsp3) is 0.625. The van der Waals surface area contributed by atoms with E-state index >= 15 is 0 Å². The predicted octanol–water partition coefficient (Wildman–Crippen LogP) is 1.71. The fourth-order valence-corrected chi connectivity index (χ4v) is 5.73. The van der Waals surface area contributed by atoms with Gasteiger partial charge >= 0.3 is 0 Å². The van der Waals surface area contributed by atoms with E-state index in [0.717, 1.165) is 36.6 Å². The average molecular weight is 325 g/mol. The van der Waals surface area contributed by atoms with Crippen molar-refractivity contribution in [1.29, 1.82) is 0 Å². The molecule has 5 nitrogen and oxygen atoms in total. The molecule has 0 spiro atoms. The van der Waals surface area contributed by atoms with E-state index in [4.69, 9.17) is 9.47 Å². The molecule has 0 aliphatic carbocycles. The van der Waals surface area contributed by atoms with Gasteiger partial charge in [-0.2, -0.15) is 0 Å². The minimum Gasteiger partial charge on any atom is -0.493 e. The molecule has 0 bridgehead atoms. The first kappa shape index (κ1) is 15.6. The second-order valence-electron chi connectivity index (χ2n) is 6.07. The van der Waals surface area contributed by atoms with E-state index in [9.17, 15) is 8.42 Å². The van der Waals surface area contributed by atoms with Gasteiger partial charge in [-0.3, -0.25) is 4.90 Å². The third-order valence-electron chi connectivity index (χ3n) is 4.63. The molecule has 2 atom stereocenters. The molecule has 1 aromatic rings. The standard InChI is InChI=1S/C16H23NO4S/c1-3-21-14-5-4-12(8-15(14)20-2)9-17-10-13-6-7-22(18,19)16(13)11-17/h4-5,8,13,16H,3,6-7,9-11H2,1-2H3/t13-,16+/m0/s1. The third kappa shape index (κ3) is 2.94. The maximum absolute atomic E-state index is 12.0. The molecule has 3 rings (SSSR count). The van der Waals surface area contributed by atoms with Crippen molar-refractivity contribution in [3.8, 4) is 11.5 Å². The van der Waals surface area contributed by atoms with Crippen molar-refractivity contribution in [2.45, 2.75) is 25.1 Å². The molecule has 6 heteroatoms. The zero-order chi connectivity index (χ0) is 15.7. The SMILES string of the molecule is CCOc1ccc(CN2C[C@@H]3CCS(=O)(=O)[C@@H]3C2)cc1OC. The maximum Gasteiger partial charge on any atom is 0.161 e. The van der Waals surface area contributed by atoms with E-state index in [1.165, 1.54) is 0 Å². The van der Waals surface area contributed by atoms with Crippen molar-refractivity contribution in [2.75, 3.05) is 32.6 Å². The summed E-state index contributed by atoms with van der Waals surface area (Å²) in [5, 5.41) is -0.155. The number of likely N-dealkylation sites (tertiary alicyclic amines) is 1. The molecule has 2 aliphatic heterocycles. The van der Waals surface area contributed by atoms with Gasteiger partial charge in [0.25, 0.3) is 0 Å². The molecule has 2 saturated heterocycles. The van der Waals surface area contributed by atoms with Crippen LogP contribution in [0.4, 0.5) is 0 Å². The predicted molar refractivity (Wildman–Crippen MR) is 85.1 cm³/mol. The summed E-state index contributed by atoms with van der Waals surface area (Å²) >= 11 is 0. The van der Waals surface area contributed by atoms with Crippen molar-refractivity contribution < 1.29 is 17.9 Å². The maximum atomic E-state index is 12.0. The summed E-state index contributed by atoms with van der Waals surface area (Å²) in [6, 6.07) is 5.93. The summed E-state index contributed by atoms with van der Waals surface area (Å²) in [5.41, 5.74) is 1.12. The summed E-state index contributed by atoms with van der Waals surface area (Å²) in [6.07, 6.45) is 0.816. The second-order valence-corrected chi connectivity index (χ2v) is 8.41. The third-order valence-corrected chi connectivity index (χ3v) is 6.89. The Bertz CT molecular complexity index is 644. The smallest absolute Gasteiger partial charge is 0.161 e. The number of fused-ring (bicyclic) bond motifs is 1. The summed E-state index contributed by atoms with van der Waals surface area (Å²) in [4.78, 5) is 2.24. The molecule has 0 amide bonds. The Morgan fingerprint density at radius 1 is 1.27 bits per heavy atom. The molecule has 0 unspecified atom stereocenters. The lowest BCUT2D eigenvalue weighted by atomic mass is 10.1. The molecule has 0 saturated carbocycles. The van der Waals surface area contributed by atoms with Crippen molar-refractivity contribution in [2.24, 2.45) is 5.92 Å². The Morgan fingerprint density at radius 3 is 2.77 bits per heavy atom. The highest BCUT2D eigenvalue weighted by Gasteiger charge is 2.45. The van der Waals surface area contributed by atoms with Crippen LogP contribution in [-0.2, 0) is 16.4 Å². The van der Waals surface area contributed by atoms with E-state index < -0.39 is 9.84 Å². The second kappa shape index (κ2) is 6.08. The average Bonchev–Trinajstić information content (AvgIpc) is 3.01. The van der Waals surface area contributed by atoms with Crippen LogP contribution in [0.25, 0.3) is 0 Å². The topological polar surface area (TPSA) is 55.8 Å². The van der Waals surface area contributed by atoms with E-state index in [1.54, 1.807) is 7.11 Å². The van der Waals surface area contributed by atoms with Crippen molar-refractivity contribution >= 4 is 9.84 Å². The van der Waals surface area contributed by atoms with E-state index in [1.807, 2.05) is 25.1 Å². The summed E-state index contributed by atoms with van der Waals surface area (Å²) in [5.74, 6) is 2.16. The molecule has 0 radical (unpaired) electrons. The summed E-state index contributed by atoms with van der Waals surface area (Å²) < 4.78 is 34.9. The van der Waals surface area contributed by atoms with Crippen LogP contribution < -0.4 is 9.47 Å². The van der Waals surface area contributed by atoms with Gasteiger partial charge < -0.3 is 9.47 Å². The molecule has 1 aromatic carbocycles. The van der Waals surface area contributed by atoms with Gasteiger partial charge in [0.2, 0.25) is 0 Å². The fourth-order valence-electron chi connectivity index (χ4n) is 3.55. The van der Waals surface area contributed by atoms with Crippen LogP contribution in [0.5, 0.6) is 11.5 Å². The number of ether oxygens (including phenoxy) is 2. The van der Waals surface area contributed by atoms with Crippen LogP contribution in [-0.4, -0.2) is 51.1 Å². The lowest BCUT2D eigenvalue weighted by molar-refractivity contribution is 0.304. The quantitative estimate of drug-likeness (QED) is 0.825. The largest absolute Gasteiger partial charge is 0.493 e. The first-order valence-corrected chi connectivity index (χ1v) is 9.48. The molecule has 2 heterocycles. The minimum absolute atomic E-state index is 0.155. The molecule has 122 valence electrons. The molecular formula is C16H23NO4S. The Labute approximate surface area is 132 Å². The van der Waals surface area contributed by atoms with E-state index in [-0.39, 0.29) is 5.25 Å². The summed E-state index contributed by atoms with van der Waals surface area (Å²) in [6.45, 7) is 4.83. The van der Waals surface area contributed by atoms with Gasteiger partial charge in [-0.15, -0.1) is 0 Å². The highest BCUT2D eigenvalue weighted by Crippen LogP contribution is 2.35. The Hall–Kier alpha value is -1.27.